The van der Waals surface area contributed by atoms with Gasteiger partial charge in [0.1, 0.15) is 0 Å². The Bertz CT molecular complexity index is 1020. The molecule has 0 spiro atoms. The zero-order valence-corrected chi connectivity index (χ0v) is 16.1. The summed E-state index contributed by atoms with van der Waals surface area (Å²) in [5.74, 6) is 2.28. The molecule has 0 bridgehead atoms. The first-order chi connectivity index (χ1) is 13.3. The monoisotopic (exact) mass is 382 g/mol. The average molecular weight is 382 g/mol. The summed E-state index contributed by atoms with van der Waals surface area (Å²) in [6, 6.07) is 13.5. The Morgan fingerprint density at radius 3 is 2.85 bits per heavy atom. The Kier molecular flexibility index (Phi) is 5.34. The number of nitrogens with zero attached hydrogens (tertiary/aromatic N) is 2. The van der Waals surface area contributed by atoms with Gasteiger partial charge in [0, 0.05) is 12.3 Å². The van der Waals surface area contributed by atoms with Crippen molar-refractivity contribution in [2.45, 2.75) is 43.6 Å². The second-order valence-electron chi connectivity index (χ2n) is 6.55. The smallest absolute Gasteiger partial charge is 0.262 e. The molecule has 0 radical (unpaired) electrons. The fourth-order valence-corrected chi connectivity index (χ4v) is 4.12. The third kappa shape index (κ3) is 3.81. The van der Waals surface area contributed by atoms with Crippen molar-refractivity contribution in [1.29, 1.82) is 0 Å². The lowest BCUT2D eigenvalue weighted by Crippen LogP contribution is -2.23. The second kappa shape index (κ2) is 8.05. The number of para-hydroxylation sites is 1. The highest BCUT2D eigenvalue weighted by Crippen LogP contribution is 2.34. The highest BCUT2D eigenvalue weighted by atomic mass is 32.2. The molecule has 4 rings (SSSR count). The van der Waals surface area contributed by atoms with Crippen LogP contribution in [0.25, 0.3) is 10.9 Å². The molecule has 2 heterocycles. The van der Waals surface area contributed by atoms with Crippen LogP contribution in [0.1, 0.15) is 31.7 Å². The summed E-state index contributed by atoms with van der Waals surface area (Å²) in [7, 11) is 0. The van der Waals surface area contributed by atoms with Gasteiger partial charge < -0.3 is 9.47 Å². The summed E-state index contributed by atoms with van der Waals surface area (Å²) in [6.07, 6.45) is 3.20. The van der Waals surface area contributed by atoms with Crippen LogP contribution in [0, 0.1) is 0 Å². The second-order valence-corrected chi connectivity index (χ2v) is 7.49. The number of hydrogen-bond acceptors (Lipinski definition) is 5. The predicted octanol–water partition coefficient (Wildman–Crippen LogP) is 4.61. The molecular formula is C21H22N2O3S. The lowest BCUT2D eigenvalue weighted by molar-refractivity contribution is 0.174. The number of rotatable bonds is 7. The zero-order valence-electron chi connectivity index (χ0n) is 15.3. The van der Waals surface area contributed by atoms with Gasteiger partial charge in [-0.05, 0) is 36.2 Å². The van der Waals surface area contributed by atoms with Crippen molar-refractivity contribution in [3.05, 3.63) is 58.4 Å². The van der Waals surface area contributed by atoms with E-state index in [0.717, 1.165) is 52.8 Å². The minimum Gasteiger partial charge on any atom is -0.454 e. The number of thioether (sulfide) groups is 1. The maximum absolute atomic E-state index is 13.0. The normalized spacial score (nSPS) is 12.6. The molecule has 1 aromatic heterocycles. The van der Waals surface area contributed by atoms with E-state index in [9.17, 15) is 4.79 Å². The Morgan fingerprint density at radius 1 is 1.11 bits per heavy atom. The van der Waals surface area contributed by atoms with Crippen LogP contribution in [0.5, 0.6) is 11.5 Å². The standard InChI is InChI=1S/C21H22N2O3S/c1-2-3-6-11-23-20(24)16-7-4-5-8-17(16)22-21(23)27-13-15-9-10-18-19(12-15)26-14-25-18/h4-5,7-10,12H,2-3,6,11,13-14H2,1H3. The largest absolute Gasteiger partial charge is 0.454 e. The van der Waals surface area contributed by atoms with Crippen LogP contribution in [0.2, 0.25) is 0 Å². The van der Waals surface area contributed by atoms with E-state index < -0.39 is 0 Å². The van der Waals surface area contributed by atoms with E-state index in [1.807, 2.05) is 47.0 Å². The molecule has 0 amide bonds. The van der Waals surface area contributed by atoms with Crippen molar-refractivity contribution in [1.82, 2.24) is 9.55 Å². The van der Waals surface area contributed by atoms with E-state index in [1.54, 1.807) is 11.8 Å². The van der Waals surface area contributed by atoms with Crippen LogP contribution >= 0.6 is 11.8 Å². The molecule has 1 aliphatic rings. The topological polar surface area (TPSA) is 53.4 Å². The van der Waals surface area contributed by atoms with Gasteiger partial charge in [-0.25, -0.2) is 4.98 Å². The van der Waals surface area contributed by atoms with Gasteiger partial charge in [0.2, 0.25) is 6.79 Å². The lowest BCUT2D eigenvalue weighted by Gasteiger charge is -2.13. The Morgan fingerprint density at radius 2 is 1.96 bits per heavy atom. The van der Waals surface area contributed by atoms with Gasteiger partial charge in [-0.1, -0.05) is 49.7 Å². The number of benzene rings is 2. The van der Waals surface area contributed by atoms with Crippen molar-refractivity contribution in [3.8, 4) is 11.5 Å². The summed E-state index contributed by atoms with van der Waals surface area (Å²) < 4.78 is 12.7. The van der Waals surface area contributed by atoms with Gasteiger partial charge in [-0.3, -0.25) is 9.36 Å². The molecule has 0 fully saturated rings. The predicted molar refractivity (Wildman–Crippen MR) is 108 cm³/mol. The van der Waals surface area contributed by atoms with E-state index in [-0.39, 0.29) is 12.4 Å². The maximum Gasteiger partial charge on any atom is 0.262 e. The molecule has 0 aliphatic carbocycles. The Balaban J connectivity index is 1.62. The Labute approximate surface area is 162 Å². The molecule has 0 N–H and O–H groups in total. The van der Waals surface area contributed by atoms with Crippen molar-refractivity contribution < 1.29 is 9.47 Å². The summed E-state index contributed by atoms with van der Waals surface area (Å²) >= 11 is 1.59. The molecular weight excluding hydrogens is 360 g/mol. The third-order valence-electron chi connectivity index (χ3n) is 4.62. The number of aromatic nitrogens is 2. The average Bonchev–Trinajstić information content (AvgIpc) is 3.16. The van der Waals surface area contributed by atoms with E-state index in [1.165, 1.54) is 0 Å². The van der Waals surface area contributed by atoms with Crippen LogP contribution in [0.4, 0.5) is 0 Å². The molecule has 6 heteroatoms. The fourth-order valence-electron chi connectivity index (χ4n) is 3.15. The molecule has 0 atom stereocenters. The van der Waals surface area contributed by atoms with Gasteiger partial charge in [0.15, 0.2) is 16.7 Å². The minimum atomic E-state index is 0.0462. The molecule has 0 saturated carbocycles. The van der Waals surface area contributed by atoms with Gasteiger partial charge in [-0.2, -0.15) is 0 Å². The molecule has 140 valence electrons. The first-order valence-electron chi connectivity index (χ1n) is 9.27. The summed E-state index contributed by atoms with van der Waals surface area (Å²) in [5, 5.41) is 1.45. The van der Waals surface area contributed by atoms with Gasteiger partial charge in [0.25, 0.3) is 5.56 Å². The van der Waals surface area contributed by atoms with Crippen molar-refractivity contribution in [3.63, 3.8) is 0 Å². The molecule has 27 heavy (non-hydrogen) atoms. The SMILES string of the molecule is CCCCCn1c(SCc2ccc3c(c2)OCO3)nc2ccccc2c1=O. The van der Waals surface area contributed by atoms with E-state index >= 15 is 0 Å². The first-order valence-corrected chi connectivity index (χ1v) is 10.3. The highest BCUT2D eigenvalue weighted by Gasteiger charge is 2.15. The minimum absolute atomic E-state index is 0.0462. The van der Waals surface area contributed by atoms with E-state index in [2.05, 4.69) is 6.92 Å². The molecule has 2 aromatic carbocycles. The first kappa shape index (κ1) is 17.9. The molecule has 0 unspecified atom stereocenters. The van der Waals surface area contributed by atoms with E-state index in [0.29, 0.717) is 11.9 Å². The molecule has 1 aliphatic heterocycles. The van der Waals surface area contributed by atoms with Crippen molar-refractivity contribution in [2.24, 2.45) is 0 Å². The van der Waals surface area contributed by atoms with Crippen LogP contribution in [0.3, 0.4) is 0 Å². The Hall–Kier alpha value is -2.47. The van der Waals surface area contributed by atoms with Gasteiger partial charge >= 0.3 is 0 Å². The van der Waals surface area contributed by atoms with Gasteiger partial charge in [0.05, 0.1) is 10.9 Å². The van der Waals surface area contributed by atoms with Crippen LogP contribution in [0.15, 0.2) is 52.4 Å². The zero-order chi connectivity index (χ0) is 18.6. The maximum atomic E-state index is 13.0. The third-order valence-corrected chi connectivity index (χ3v) is 5.66. The van der Waals surface area contributed by atoms with Crippen LogP contribution in [-0.4, -0.2) is 16.3 Å². The molecule has 3 aromatic rings. The summed E-state index contributed by atoms with van der Waals surface area (Å²) in [5.41, 5.74) is 1.92. The molecule has 0 saturated heterocycles. The number of ether oxygens (including phenoxy) is 2. The number of hydrogen-bond donors (Lipinski definition) is 0. The van der Waals surface area contributed by atoms with E-state index in [4.69, 9.17) is 14.5 Å². The van der Waals surface area contributed by atoms with Crippen molar-refractivity contribution >= 4 is 22.7 Å². The molecule has 5 nitrogen and oxygen atoms in total. The summed E-state index contributed by atoms with van der Waals surface area (Å²) in [4.78, 5) is 17.8. The quantitative estimate of drug-likeness (QED) is 0.339. The fraction of sp³-hybridized carbons (Fsp3) is 0.333. The van der Waals surface area contributed by atoms with Gasteiger partial charge in [-0.15, -0.1) is 0 Å². The highest BCUT2D eigenvalue weighted by molar-refractivity contribution is 7.98. The lowest BCUT2D eigenvalue weighted by atomic mass is 10.2. The van der Waals surface area contributed by atoms with Crippen LogP contribution < -0.4 is 15.0 Å². The van der Waals surface area contributed by atoms with Crippen LogP contribution in [-0.2, 0) is 12.3 Å². The number of unbranched alkanes of at least 4 members (excludes halogenated alkanes) is 2. The van der Waals surface area contributed by atoms with Crippen molar-refractivity contribution in [2.75, 3.05) is 6.79 Å². The number of fused-ring (bicyclic) bond motifs is 2. The summed E-state index contributed by atoms with van der Waals surface area (Å²) in [6.45, 7) is 3.14.